The molecule has 0 bridgehead atoms. The van der Waals surface area contributed by atoms with Crippen LogP contribution in [0, 0.1) is 5.92 Å². The number of rotatable bonds is 2. The average molecular weight is 202 g/mol. The van der Waals surface area contributed by atoms with Crippen molar-refractivity contribution < 1.29 is 0 Å². The summed E-state index contributed by atoms with van der Waals surface area (Å²) in [6.07, 6.45) is 3.25. The quantitative estimate of drug-likeness (QED) is 0.736. The van der Waals surface area contributed by atoms with Crippen molar-refractivity contribution in [3.05, 3.63) is 28.6 Å². The number of nitrogens with zero attached hydrogens (tertiary/aromatic N) is 2. The van der Waals surface area contributed by atoms with E-state index in [0.29, 0.717) is 11.8 Å². The molecular weight excluding hydrogens is 184 g/mol. The summed E-state index contributed by atoms with van der Waals surface area (Å²) in [6.45, 7) is 8.77. The third-order valence-corrected chi connectivity index (χ3v) is 2.97. The molecule has 0 fully saturated rings. The molecule has 0 unspecified atom stereocenters. The summed E-state index contributed by atoms with van der Waals surface area (Å²) < 4.78 is 0. The van der Waals surface area contributed by atoms with E-state index in [0.717, 1.165) is 17.8 Å². The third-order valence-electron chi connectivity index (χ3n) is 2.97. The molecule has 0 N–H and O–H groups in total. The SMILES string of the molecule is CC(C)C1=Cc2nnc(C(C)C)cc2C1. The Hall–Kier alpha value is -1.18. The van der Waals surface area contributed by atoms with Crippen molar-refractivity contribution in [2.45, 2.75) is 40.0 Å². The van der Waals surface area contributed by atoms with Crippen molar-refractivity contribution in [1.29, 1.82) is 0 Å². The molecule has 80 valence electrons. The van der Waals surface area contributed by atoms with Gasteiger partial charge in [0.25, 0.3) is 0 Å². The van der Waals surface area contributed by atoms with Gasteiger partial charge in [0.05, 0.1) is 11.4 Å². The lowest BCUT2D eigenvalue weighted by molar-refractivity contribution is 0.749. The molecule has 0 saturated carbocycles. The highest BCUT2D eigenvalue weighted by atomic mass is 15.1. The third kappa shape index (κ3) is 1.94. The summed E-state index contributed by atoms with van der Waals surface area (Å²) in [5.74, 6) is 1.08. The van der Waals surface area contributed by atoms with Crippen LogP contribution in [-0.4, -0.2) is 10.2 Å². The highest BCUT2D eigenvalue weighted by molar-refractivity contribution is 5.60. The smallest absolute Gasteiger partial charge is 0.0892 e. The highest BCUT2D eigenvalue weighted by Crippen LogP contribution is 2.28. The molecule has 2 rings (SSSR count). The van der Waals surface area contributed by atoms with Gasteiger partial charge in [-0.15, -0.1) is 0 Å². The monoisotopic (exact) mass is 202 g/mol. The molecule has 15 heavy (non-hydrogen) atoms. The summed E-state index contributed by atoms with van der Waals surface area (Å²) >= 11 is 0. The van der Waals surface area contributed by atoms with Gasteiger partial charge < -0.3 is 0 Å². The van der Waals surface area contributed by atoms with Crippen LogP contribution >= 0.6 is 0 Å². The zero-order valence-electron chi connectivity index (χ0n) is 9.91. The Morgan fingerprint density at radius 3 is 2.40 bits per heavy atom. The minimum Gasteiger partial charge on any atom is -0.155 e. The maximum absolute atomic E-state index is 4.29. The van der Waals surface area contributed by atoms with Crippen molar-refractivity contribution in [1.82, 2.24) is 10.2 Å². The predicted octanol–water partition coefficient (Wildman–Crippen LogP) is 3.20. The average Bonchev–Trinajstić information content (AvgIpc) is 2.59. The van der Waals surface area contributed by atoms with Gasteiger partial charge in [0.1, 0.15) is 0 Å². The lowest BCUT2D eigenvalue weighted by Gasteiger charge is -2.06. The zero-order chi connectivity index (χ0) is 11.0. The first-order chi connectivity index (χ1) is 7.08. The van der Waals surface area contributed by atoms with Gasteiger partial charge in [0.15, 0.2) is 0 Å². The van der Waals surface area contributed by atoms with E-state index < -0.39 is 0 Å². The van der Waals surface area contributed by atoms with Crippen LogP contribution in [0.25, 0.3) is 6.08 Å². The van der Waals surface area contributed by atoms with Crippen LogP contribution in [0.2, 0.25) is 0 Å². The minimum absolute atomic E-state index is 0.464. The van der Waals surface area contributed by atoms with Crippen LogP contribution in [0.1, 0.15) is 50.6 Å². The number of hydrogen-bond acceptors (Lipinski definition) is 2. The van der Waals surface area contributed by atoms with Gasteiger partial charge in [-0.3, -0.25) is 0 Å². The molecule has 1 aromatic rings. The predicted molar refractivity (Wildman–Crippen MR) is 62.6 cm³/mol. The number of fused-ring (bicyclic) bond motifs is 1. The Morgan fingerprint density at radius 1 is 1.07 bits per heavy atom. The first-order valence-corrected chi connectivity index (χ1v) is 5.65. The van der Waals surface area contributed by atoms with Gasteiger partial charge in [0.2, 0.25) is 0 Å². The normalized spacial score (nSPS) is 14.7. The summed E-state index contributed by atoms with van der Waals surface area (Å²) in [5, 5.41) is 8.54. The maximum Gasteiger partial charge on any atom is 0.0892 e. The molecular formula is C13H18N2. The van der Waals surface area contributed by atoms with Crippen molar-refractivity contribution in [3.8, 4) is 0 Å². The molecule has 2 heteroatoms. The molecule has 0 spiro atoms. The molecule has 1 aromatic heterocycles. The van der Waals surface area contributed by atoms with E-state index in [4.69, 9.17) is 0 Å². The minimum atomic E-state index is 0.464. The highest BCUT2D eigenvalue weighted by Gasteiger charge is 2.17. The Balaban J connectivity index is 2.31. The molecule has 1 aliphatic rings. The van der Waals surface area contributed by atoms with Crippen LogP contribution in [-0.2, 0) is 6.42 Å². The fourth-order valence-electron chi connectivity index (χ4n) is 1.82. The van der Waals surface area contributed by atoms with E-state index in [2.05, 4.69) is 50.0 Å². The fraction of sp³-hybridized carbons (Fsp3) is 0.538. The van der Waals surface area contributed by atoms with Crippen LogP contribution in [0.3, 0.4) is 0 Å². The van der Waals surface area contributed by atoms with E-state index in [-0.39, 0.29) is 0 Å². The number of allylic oxidation sites excluding steroid dienone is 1. The first-order valence-electron chi connectivity index (χ1n) is 5.65. The number of aromatic nitrogens is 2. The van der Waals surface area contributed by atoms with Crippen LogP contribution in [0.15, 0.2) is 11.6 Å². The van der Waals surface area contributed by atoms with E-state index in [1.165, 1.54) is 11.1 Å². The summed E-state index contributed by atoms with van der Waals surface area (Å²) in [6, 6.07) is 2.21. The van der Waals surface area contributed by atoms with Crippen LogP contribution in [0.4, 0.5) is 0 Å². The van der Waals surface area contributed by atoms with Gasteiger partial charge in [0, 0.05) is 0 Å². The maximum atomic E-state index is 4.29. The largest absolute Gasteiger partial charge is 0.155 e. The summed E-state index contributed by atoms with van der Waals surface area (Å²) in [7, 11) is 0. The van der Waals surface area contributed by atoms with E-state index in [1.54, 1.807) is 0 Å². The Bertz CT molecular complexity index is 403. The molecule has 1 aliphatic carbocycles. The molecule has 0 atom stereocenters. The lowest BCUT2D eigenvalue weighted by Crippen LogP contribution is -1.99. The van der Waals surface area contributed by atoms with Gasteiger partial charge in [-0.05, 0) is 36.0 Å². The van der Waals surface area contributed by atoms with Gasteiger partial charge in [-0.2, -0.15) is 10.2 Å². The standard InChI is InChI=1S/C13H18N2/c1-8(2)10-5-11-7-12(9(3)4)14-15-13(11)6-10/h6-9H,5H2,1-4H3. The second-order valence-corrected chi connectivity index (χ2v) is 4.89. The Morgan fingerprint density at radius 2 is 1.80 bits per heavy atom. The van der Waals surface area contributed by atoms with E-state index in [9.17, 15) is 0 Å². The van der Waals surface area contributed by atoms with Crippen LogP contribution in [0.5, 0.6) is 0 Å². The summed E-state index contributed by atoms with van der Waals surface area (Å²) in [5.41, 5.74) is 4.99. The Labute approximate surface area is 91.4 Å². The second kappa shape index (κ2) is 3.76. The lowest BCUT2D eigenvalue weighted by atomic mass is 10.0. The molecule has 0 aliphatic heterocycles. The molecule has 0 radical (unpaired) electrons. The van der Waals surface area contributed by atoms with Crippen LogP contribution < -0.4 is 0 Å². The Kier molecular flexibility index (Phi) is 2.59. The molecule has 1 heterocycles. The first kappa shape index (κ1) is 10.3. The van der Waals surface area contributed by atoms with Crippen molar-refractivity contribution in [2.24, 2.45) is 5.92 Å². The van der Waals surface area contributed by atoms with E-state index >= 15 is 0 Å². The molecule has 0 amide bonds. The molecule has 0 saturated heterocycles. The number of hydrogen-bond donors (Lipinski definition) is 0. The van der Waals surface area contributed by atoms with Crippen molar-refractivity contribution >= 4 is 6.08 Å². The second-order valence-electron chi connectivity index (χ2n) is 4.89. The molecule has 2 nitrogen and oxygen atoms in total. The summed E-state index contributed by atoms with van der Waals surface area (Å²) in [4.78, 5) is 0. The van der Waals surface area contributed by atoms with Gasteiger partial charge >= 0.3 is 0 Å². The van der Waals surface area contributed by atoms with Gasteiger partial charge in [-0.1, -0.05) is 33.3 Å². The zero-order valence-corrected chi connectivity index (χ0v) is 9.91. The van der Waals surface area contributed by atoms with Crippen molar-refractivity contribution in [3.63, 3.8) is 0 Å². The fourth-order valence-corrected chi connectivity index (χ4v) is 1.82. The van der Waals surface area contributed by atoms with E-state index in [1.807, 2.05) is 0 Å². The van der Waals surface area contributed by atoms with Crippen molar-refractivity contribution in [2.75, 3.05) is 0 Å². The molecule has 0 aromatic carbocycles. The van der Waals surface area contributed by atoms with Gasteiger partial charge in [-0.25, -0.2) is 0 Å². The topological polar surface area (TPSA) is 25.8 Å².